The van der Waals surface area contributed by atoms with Crippen LogP contribution in [-0.4, -0.2) is 34.7 Å². The molecular formula is C22H31NO3. The van der Waals surface area contributed by atoms with Crippen LogP contribution in [0.1, 0.15) is 58.3 Å². The van der Waals surface area contributed by atoms with Crippen LogP contribution in [0.2, 0.25) is 0 Å². The van der Waals surface area contributed by atoms with Gasteiger partial charge < -0.3 is 15.1 Å². The van der Waals surface area contributed by atoms with Crippen molar-refractivity contribution in [1.29, 1.82) is 0 Å². The molecule has 1 unspecified atom stereocenters. The second-order valence-electron chi connectivity index (χ2n) is 8.81. The summed E-state index contributed by atoms with van der Waals surface area (Å²) >= 11 is 0. The summed E-state index contributed by atoms with van der Waals surface area (Å²) in [5.74, 6) is 4.78. The van der Waals surface area contributed by atoms with E-state index in [1.807, 2.05) is 0 Å². The minimum atomic E-state index is -1.36. The zero-order valence-electron chi connectivity index (χ0n) is 15.9. The molecule has 2 N–H and O–H groups in total. The predicted octanol–water partition coefficient (Wildman–Crippen LogP) is 3.29. The standard InChI is InChI=1S/C22H31NO3/c1-4-21-11-10-17-16-9-7-15(23-26-3)12-14(16)6-8-18(17)19(21)13-20(24)22(21,25)5-2/h2,12,16-20,24-25H,4,6-11,13H2,1,3H3/b23-15+/t16-,17+,18+,19-,20-,21-,22?/m0/s1. The number of nitrogens with zero attached hydrogens (tertiary/aromatic N) is 1. The van der Waals surface area contributed by atoms with E-state index >= 15 is 0 Å². The first kappa shape index (κ1) is 18.1. The van der Waals surface area contributed by atoms with Crippen molar-refractivity contribution in [2.75, 3.05) is 7.11 Å². The van der Waals surface area contributed by atoms with Gasteiger partial charge in [0, 0.05) is 5.41 Å². The normalized spacial score (nSPS) is 48.8. The summed E-state index contributed by atoms with van der Waals surface area (Å²) in [6.07, 6.45) is 15.1. The molecule has 0 amide bonds. The van der Waals surface area contributed by atoms with Gasteiger partial charge in [-0.25, -0.2) is 0 Å². The first-order valence-electron chi connectivity index (χ1n) is 10.2. The quantitative estimate of drug-likeness (QED) is 0.589. The molecule has 4 aliphatic carbocycles. The van der Waals surface area contributed by atoms with Crippen molar-refractivity contribution in [2.24, 2.45) is 34.2 Å². The first-order valence-corrected chi connectivity index (χ1v) is 10.2. The Bertz CT molecular complexity index is 677. The molecule has 0 aromatic heterocycles. The summed E-state index contributed by atoms with van der Waals surface area (Å²) in [6, 6.07) is 0. The van der Waals surface area contributed by atoms with Crippen molar-refractivity contribution in [3.63, 3.8) is 0 Å². The zero-order chi connectivity index (χ0) is 18.5. The smallest absolute Gasteiger partial charge is 0.156 e. The maximum Gasteiger partial charge on any atom is 0.156 e. The van der Waals surface area contributed by atoms with E-state index in [0.717, 1.165) is 50.7 Å². The largest absolute Gasteiger partial charge is 0.399 e. The molecule has 0 aliphatic heterocycles. The molecule has 0 heterocycles. The Hall–Kier alpha value is -1.31. The van der Waals surface area contributed by atoms with Gasteiger partial charge >= 0.3 is 0 Å². The highest BCUT2D eigenvalue weighted by molar-refractivity contribution is 5.96. The molecule has 4 rings (SSSR count). The third kappa shape index (κ3) is 2.26. The van der Waals surface area contributed by atoms with E-state index in [9.17, 15) is 10.2 Å². The van der Waals surface area contributed by atoms with Crippen molar-refractivity contribution in [3.05, 3.63) is 11.6 Å². The van der Waals surface area contributed by atoms with Gasteiger partial charge in [0.15, 0.2) is 5.60 Å². The molecule has 0 bridgehead atoms. The molecule has 4 heteroatoms. The maximum absolute atomic E-state index is 11.2. The van der Waals surface area contributed by atoms with Crippen LogP contribution in [0.25, 0.3) is 0 Å². The highest BCUT2D eigenvalue weighted by Gasteiger charge is 2.67. The predicted molar refractivity (Wildman–Crippen MR) is 101 cm³/mol. The van der Waals surface area contributed by atoms with Crippen LogP contribution in [0.4, 0.5) is 0 Å². The highest BCUT2D eigenvalue weighted by Crippen LogP contribution is 2.66. The summed E-state index contributed by atoms with van der Waals surface area (Å²) < 4.78 is 0. The van der Waals surface area contributed by atoms with E-state index in [1.54, 1.807) is 7.11 Å². The number of rotatable bonds is 2. The summed E-state index contributed by atoms with van der Waals surface area (Å²) in [5.41, 5.74) is 0.913. The average molecular weight is 357 g/mol. The Balaban J connectivity index is 1.65. The fraction of sp³-hybridized carbons (Fsp3) is 0.773. The van der Waals surface area contributed by atoms with E-state index in [-0.39, 0.29) is 5.41 Å². The maximum atomic E-state index is 11.2. The van der Waals surface area contributed by atoms with E-state index < -0.39 is 11.7 Å². The van der Waals surface area contributed by atoms with Crippen LogP contribution in [0, 0.1) is 41.4 Å². The molecule has 0 saturated heterocycles. The van der Waals surface area contributed by atoms with Gasteiger partial charge in [0.25, 0.3) is 0 Å². The Kier molecular flexibility index (Phi) is 4.44. The van der Waals surface area contributed by atoms with E-state index in [1.165, 1.54) is 5.57 Å². The van der Waals surface area contributed by atoms with Gasteiger partial charge in [-0.05, 0) is 81.1 Å². The van der Waals surface area contributed by atoms with Crippen LogP contribution in [-0.2, 0) is 4.84 Å². The molecule has 7 atom stereocenters. The van der Waals surface area contributed by atoms with Crippen molar-refractivity contribution < 1.29 is 15.1 Å². The van der Waals surface area contributed by atoms with E-state index in [4.69, 9.17) is 11.3 Å². The zero-order valence-corrected chi connectivity index (χ0v) is 15.9. The van der Waals surface area contributed by atoms with Gasteiger partial charge in [-0.3, -0.25) is 0 Å². The minimum absolute atomic E-state index is 0.319. The van der Waals surface area contributed by atoms with Crippen molar-refractivity contribution in [1.82, 2.24) is 0 Å². The molecule has 4 nitrogen and oxygen atoms in total. The number of fused-ring (bicyclic) bond motifs is 5. The third-order valence-electron chi connectivity index (χ3n) is 8.30. The lowest BCUT2D eigenvalue weighted by atomic mass is 9.49. The van der Waals surface area contributed by atoms with Crippen LogP contribution in [0.5, 0.6) is 0 Å². The Morgan fingerprint density at radius 2 is 2.12 bits per heavy atom. The Labute approximate surface area is 156 Å². The Morgan fingerprint density at radius 1 is 1.31 bits per heavy atom. The molecule has 0 radical (unpaired) electrons. The number of terminal acetylenes is 1. The van der Waals surface area contributed by atoms with Crippen molar-refractivity contribution in [3.8, 4) is 12.3 Å². The lowest BCUT2D eigenvalue weighted by molar-refractivity contribution is -0.123. The summed E-state index contributed by atoms with van der Waals surface area (Å²) in [5, 5.41) is 26.0. The topological polar surface area (TPSA) is 62.0 Å². The van der Waals surface area contributed by atoms with Gasteiger partial charge in [0.05, 0.1) is 11.8 Å². The van der Waals surface area contributed by atoms with E-state index in [0.29, 0.717) is 30.1 Å². The highest BCUT2D eigenvalue weighted by atomic mass is 16.6. The molecular weight excluding hydrogens is 326 g/mol. The molecule has 3 saturated carbocycles. The molecule has 3 fully saturated rings. The third-order valence-corrected chi connectivity index (χ3v) is 8.30. The lowest BCUT2D eigenvalue weighted by Gasteiger charge is -2.55. The summed E-state index contributed by atoms with van der Waals surface area (Å²) in [6.45, 7) is 2.13. The SMILES string of the molecule is C#CC1(O)[C@@H](O)C[C@H]2[C@@H]3CCC4=C/C(=N/OC)CC[C@@H]4[C@H]3CC[C@@]21CC. The molecule has 0 aromatic carbocycles. The summed E-state index contributed by atoms with van der Waals surface area (Å²) in [4.78, 5) is 4.97. The first-order chi connectivity index (χ1) is 12.5. The number of aliphatic hydroxyl groups is 2. The van der Waals surface area contributed by atoms with Gasteiger partial charge in [-0.2, -0.15) is 0 Å². The van der Waals surface area contributed by atoms with Crippen LogP contribution in [0.3, 0.4) is 0 Å². The van der Waals surface area contributed by atoms with Crippen LogP contribution in [0.15, 0.2) is 16.8 Å². The number of allylic oxidation sites excluding steroid dienone is 2. The molecule has 26 heavy (non-hydrogen) atoms. The van der Waals surface area contributed by atoms with E-state index in [2.05, 4.69) is 24.1 Å². The van der Waals surface area contributed by atoms with Gasteiger partial charge in [-0.1, -0.05) is 23.6 Å². The molecule has 0 spiro atoms. The van der Waals surface area contributed by atoms with Crippen molar-refractivity contribution >= 4 is 5.71 Å². The number of aliphatic hydroxyl groups excluding tert-OH is 1. The molecule has 0 aromatic rings. The fourth-order valence-corrected chi connectivity index (χ4v) is 7.16. The monoisotopic (exact) mass is 357 g/mol. The average Bonchev–Trinajstić information content (AvgIpc) is 2.90. The minimum Gasteiger partial charge on any atom is -0.399 e. The number of hydrogen-bond acceptors (Lipinski definition) is 4. The van der Waals surface area contributed by atoms with Crippen LogP contribution >= 0.6 is 0 Å². The fourth-order valence-electron chi connectivity index (χ4n) is 7.16. The van der Waals surface area contributed by atoms with Crippen LogP contribution < -0.4 is 0 Å². The lowest BCUT2D eigenvalue weighted by Crippen LogP contribution is -2.55. The van der Waals surface area contributed by atoms with Crippen molar-refractivity contribution in [2.45, 2.75) is 70.0 Å². The summed E-state index contributed by atoms with van der Waals surface area (Å²) in [7, 11) is 1.61. The second kappa shape index (κ2) is 6.39. The second-order valence-corrected chi connectivity index (χ2v) is 8.81. The van der Waals surface area contributed by atoms with Gasteiger partial charge in [0.2, 0.25) is 0 Å². The van der Waals surface area contributed by atoms with Gasteiger partial charge in [0.1, 0.15) is 7.11 Å². The Morgan fingerprint density at radius 3 is 2.81 bits per heavy atom. The molecule has 142 valence electrons. The molecule has 4 aliphatic rings. The number of oxime groups is 1. The van der Waals surface area contributed by atoms with Gasteiger partial charge in [-0.15, -0.1) is 6.42 Å². The number of hydrogen-bond donors (Lipinski definition) is 2.